The number of nitro benzene ring substituents is 1. The molecule has 0 radical (unpaired) electrons. The summed E-state index contributed by atoms with van der Waals surface area (Å²) in [6.07, 6.45) is 0. The van der Waals surface area contributed by atoms with Crippen LogP contribution < -0.4 is 0 Å². The third-order valence-corrected chi connectivity index (χ3v) is 2.52. The fourth-order valence-electron chi connectivity index (χ4n) is 0.665. The zero-order valence-electron chi connectivity index (χ0n) is 6.18. The molecule has 0 amide bonds. The van der Waals surface area contributed by atoms with E-state index in [-0.39, 0.29) is 30.5 Å². The zero-order chi connectivity index (χ0) is 8.27. The number of halogens is 3. The molecule has 0 N–H and O–H groups in total. The molecule has 7 heteroatoms. The van der Waals surface area contributed by atoms with Crippen LogP contribution >= 0.6 is 46.0 Å². The summed E-state index contributed by atoms with van der Waals surface area (Å²) in [7, 11) is 0. The van der Waals surface area contributed by atoms with Gasteiger partial charge in [-0.1, -0.05) is 12.1 Å². The predicted octanol–water partition coefficient (Wildman–Crippen LogP) is 2.92. The summed E-state index contributed by atoms with van der Waals surface area (Å²) in [6, 6.07) is 6.06. The van der Waals surface area contributed by atoms with E-state index in [4.69, 9.17) is 0 Å². The van der Waals surface area contributed by atoms with Crippen LogP contribution in [0.4, 0.5) is 5.69 Å². The minimum Gasteiger partial charge on any atom is -0.265 e. The Morgan fingerprint density at radius 2 is 1.77 bits per heavy atom. The Labute approximate surface area is 97.3 Å². The standard InChI is InChI=1S/C6H4INO3.2ClH/c9-7-5-3-1-2-4-6(5)8(10)11;;/h1-4H;2*1H. The average molecular weight is 338 g/mol. The Hall–Kier alpha value is -0.270. The maximum atomic E-state index is 10.5. The molecule has 1 aromatic rings. The molecule has 13 heavy (non-hydrogen) atoms. The van der Waals surface area contributed by atoms with E-state index in [1.165, 1.54) is 12.1 Å². The molecule has 0 aliphatic heterocycles. The van der Waals surface area contributed by atoms with Gasteiger partial charge in [0.05, 0.1) is 4.92 Å². The second-order valence-corrected chi connectivity index (χ2v) is 3.39. The van der Waals surface area contributed by atoms with Gasteiger partial charge in [-0.3, -0.25) is 13.2 Å². The number of para-hydroxylation sites is 1. The molecule has 0 bridgehead atoms. The Balaban J connectivity index is 0. The molecule has 4 nitrogen and oxygen atoms in total. The molecule has 0 atom stereocenters. The van der Waals surface area contributed by atoms with Crippen LogP contribution in [0, 0.1) is 13.7 Å². The number of nitro groups is 1. The Morgan fingerprint density at radius 1 is 1.23 bits per heavy atom. The highest BCUT2D eigenvalue weighted by molar-refractivity contribution is 14.1. The first-order valence-corrected chi connectivity index (χ1v) is 4.72. The van der Waals surface area contributed by atoms with E-state index in [0.717, 1.165) is 0 Å². The summed E-state index contributed by atoms with van der Waals surface area (Å²) in [5.74, 6) is 0. The van der Waals surface area contributed by atoms with Gasteiger partial charge < -0.3 is 0 Å². The minimum absolute atomic E-state index is 0. The number of hydrogen-bond acceptors (Lipinski definition) is 3. The van der Waals surface area contributed by atoms with Crippen molar-refractivity contribution in [1.82, 2.24) is 0 Å². The fourth-order valence-corrected chi connectivity index (χ4v) is 1.62. The summed E-state index contributed by atoms with van der Waals surface area (Å²) in [4.78, 5) is 9.74. The maximum absolute atomic E-state index is 10.5. The molecular formula is C6H6Cl2INO3. The molecule has 0 aliphatic carbocycles. The molecule has 0 spiro atoms. The van der Waals surface area contributed by atoms with Gasteiger partial charge in [0.15, 0.2) is 21.2 Å². The van der Waals surface area contributed by atoms with Gasteiger partial charge in [0.2, 0.25) is 0 Å². The Kier molecular flexibility index (Phi) is 8.38. The highest BCUT2D eigenvalue weighted by atomic mass is 127. The van der Waals surface area contributed by atoms with E-state index >= 15 is 0 Å². The molecular weight excluding hydrogens is 332 g/mol. The van der Waals surface area contributed by atoms with Crippen LogP contribution in [0.2, 0.25) is 0 Å². The van der Waals surface area contributed by atoms with E-state index in [0.29, 0.717) is 3.57 Å². The molecule has 0 saturated carbocycles. The van der Waals surface area contributed by atoms with Crippen LogP contribution in [0.1, 0.15) is 0 Å². The third-order valence-electron chi connectivity index (χ3n) is 1.13. The van der Waals surface area contributed by atoms with Crippen molar-refractivity contribution in [2.45, 2.75) is 0 Å². The van der Waals surface area contributed by atoms with Gasteiger partial charge in [0.25, 0.3) is 5.69 Å². The summed E-state index contributed by atoms with van der Waals surface area (Å²) in [5.41, 5.74) is -0.0460. The lowest BCUT2D eigenvalue weighted by Gasteiger charge is -1.90. The lowest BCUT2D eigenvalue weighted by molar-refractivity contribution is -0.385. The average Bonchev–Trinajstić information content (AvgIpc) is 2.04. The minimum atomic E-state index is -1.44. The molecule has 0 heterocycles. The first-order valence-electron chi connectivity index (χ1n) is 2.76. The highest BCUT2D eigenvalue weighted by Gasteiger charge is 2.10. The number of rotatable bonds is 2. The Morgan fingerprint density at radius 3 is 2.15 bits per heavy atom. The summed E-state index contributed by atoms with van der Waals surface area (Å²) in [5, 5.41) is 10.3. The Bertz CT molecular complexity index is 308. The highest BCUT2D eigenvalue weighted by Crippen LogP contribution is 2.21. The van der Waals surface area contributed by atoms with Crippen LogP contribution in [0.15, 0.2) is 24.3 Å². The third kappa shape index (κ3) is 3.97. The second kappa shape index (κ2) is 7.16. The molecule has 1 rings (SSSR count). The normalized spacial score (nSPS) is 8.00. The van der Waals surface area contributed by atoms with Gasteiger partial charge in [-0.2, -0.15) is 0 Å². The molecule has 0 aliphatic rings. The van der Waals surface area contributed by atoms with Crippen molar-refractivity contribution in [3.8, 4) is 0 Å². The molecule has 0 fully saturated rings. The zero-order valence-corrected chi connectivity index (χ0v) is 9.97. The van der Waals surface area contributed by atoms with E-state index < -0.39 is 26.1 Å². The number of hydrogen-bond donors (Lipinski definition) is 0. The molecule has 1 aromatic carbocycles. The summed E-state index contributed by atoms with van der Waals surface area (Å²) < 4.78 is 10.8. The lowest BCUT2D eigenvalue weighted by Crippen LogP contribution is -1.89. The van der Waals surface area contributed by atoms with E-state index in [9.17, 15) is 13.2 Å². The van der Waals surface area contributed by atoms with Crippen molar-refractivity contribution in [3.63, 3.8) is 0 Å². The lowest BCUT2D eigenvalue weighted by atomic mass is 10.3. The predicted molar refractivity (Wildman–Crippen MR) is 61.0 cm³/mol. The largest absolute Gasteiger partial charge is 0.285 e. The quantitative estimate of drug-likeness (QED) is 0.473. The van der Waals surface area contributed by atoms with Gasteiger partial charge in [-0.15, -0.1) is 24.8 Å². The van der Waals surface area contributed by atoms with Gasteiger partial charge in [0.1, 0.15) is 3.57 Å². The van der Waals surface area contributed by atoms with Gasteiger partial charge in [-0.05, 0) is 6.07 Å². The van der Waals surface area contributed by atoms with E-state index in [1.807, 2.05) is 0 Å². The second-order valence-electron chi connectivity index (χ2n) is 1.79. The smallest absolute Gasteiger partial charge is 0.265 e. The number of benzene rings is 1. The van der Waals surface area contributed by atoms with Crippen LogP contribution in [-0.4, -0.2) is 4.92 Å². The molecule has 0 unspecified atom stereocenters. The van der Waals surface area contributed by atoms with Crippen molar-refractivity contribution in [3.05, 3.63) is 37.9 Å². The topological polar surface area (TPSA) is 60.2 Å². The first kappa shape index (κ1) is 15.2. The van der Waals surface area contributed by atoms with E-state index in [1.54, 1.807) is 12.1 Å². The van der Waals surface area contributed by atoms with Crippen LogP contribution in [0.25, 0.3) is 0 Å². The van der Waals surface area contributed by atoms with Crippen LogP contribution in [0.3, 0.4) is 0 Å². The van der Waals surface area contributed by atoms with Crippen molar-refractivity contribution < 1.29 is 7.99 Å². The van der Waals surface area contributed by atoms with Crippen molar-refractivity contribution >= 4 is 51.7 Å². The van der Waals surface area contributed by atoms with Crippen molar-refractivity contribution in [1.29, 1.82) is 0 Å². The molecule has 74 valence electrons. The molecule has 0 saturated heterocycles. The van der Waals surface area contributed by atoms with Crippen LogP contribution in [0.5, 0.6) is 0 Å². The first-order chi connectivity index (χ1) is 5.25. The maximum Gasteiger partial charge on any atom is 0.285 e. The van der Waals surface area contributed by atoms with E-state index in [2.05, 4.69) is 0 Å². The molecule has 0 aromatic heterocycles. The van der Waals surface area contributed by atoms with Gasteiger partial charge in [-0.25, -0.2) is 0 Å². The summed E-state index contributed by atoms with van der Waals surface area (Å²) in [6.45, 7) is 0. The van der Waals surface area contributed by atoms with Crippen molar-refractivity contribution in [2.75, 3.05) is 0 Å². The number of nitrogens with zero attached hydrogens (tertiary/aromatic N) is 1. The monoisotopic (exact) mass is 337 g/mol. The van der Waals surface area contributed by atoms with Crippen LogP contribution in [-0.2, 0) is 3.07 Å². The van der Waals surface area contributed by atoms with Crippen molar-refractivity contribution in [2.24, 2.45) is 0 Å². The fraction of sp³-hybridized carbons (Fsp3) is 0. The summed E-state index contributed by atoms with van der Waals surface area (Å²) >= 11 is -1.44. The SMILES string of the molecule is Cl.Cl.O=Ic1ccccc1[N+](=O)[O-]. The van der Waals surface area contributed by atoms with Gasteiger partial charge in [0, 0.05) is 6.07 Å². The van der Waals surface area contributed by atoms with Gasteiger partial charge >= 0.3 is 0 Å².